The molecule has 0 aromatic heterocycles. The summed E-state index contributed by atoms with van der Waals surface area (Å²) in [5.74, 6) is 1.69. The van der Waals surface area contributed by atoms with Gasteiger partial charge in [0.25, 0.3) is 0 Å². The highest BCUT2D eigenvalue weighted by Gasteiger charge is 2.20. The second-order valence-electron chi connectivity index (χ2n) is 5.38. The normalized spacial score (nSPS) is 23.9. The number of fused-ring (bicyclic) bond motifs is 1. The number of hydrogen-bond acceptors (Lipinski definition) is 2. The molecule has 1 atom stereocenters. The van der Waals surface area contributed by atoms with Crippen LogP contribution in [0.15, 0.2) is 18.2 Å². The Bertz CT molecular complexity index is 396. The molecule has 0 heterocycles. The van der Waals surface area contributed by atoms with Gasteiger partial charge < -0.3 is 9.84 Å². The largest absolute Gasteiger partial charge is 0.493 e. The Balaban J connectivity index is 1.70. The third-order valence-electron chi connectivity index (χ3n) is 4.11. The molecule has 1 aromatic carbocycles. The van der Waals surface area contributed by atoms with Crippen LogP contribution in [-0.4, -0.2) is 11.7 Å². The van der Waals surface area contributed by atoms with Crippen molar-refractivity contribution in [1.29, 1.82) is 0 Å². The van der Waals surface area contributed by atoms with Crippen molar-refractivity contribution in [2.45, 2.75) is 44.6 Å². The van der Waals surface area contributed by atoms with Gasteiger partial charge in [-0.15, -0.1) is 0 Å². The van der Waals surface area contributed by atoms with E-state index < -0.39 is 0 Å². The van der Waals surface area contributed by atoms with Gasteiger partial charge in [0.2, 0.25) is 0 Å². The Labute approximate surface area is 103 Å². The molecular weight excluding hydrogens is 212 g/mol. The molecular formula is C15H20O2. The maximum absolute atomic E-state index is 9.96. The standard InChI is InChI=1S/C15H20O2/c16-15-6-2-5-12-7-8-13(9-14(12)15)17-10-11-3-1-4-11/h7-9,11,15-16H,1-6,10H2/t15-/m0/s1. The molecule has 0 saturated heterocycles. The van der Waals surface area contributed by atoms with Crippen LogP contribution in [0.5, 0.6) is 5.75 Å². The van der Waals surface area contributed by atoms with Crippen LogP contribution in [0.2, 0.25) is 0 Å². The molecule has 0 unspecified atom stereocenters. The van der Waals surface area contributed by atoms with E-state index in [9.17, 15) is 5.11 Å². The molecule has 3 rings (SSSR count). The number of aliphatic hydroxyl groups is 1. The van der Waals surface area contributed by atoms with Crippen molar-refractivity contribution in [1.82, 2.24) is 0 Å². The topological polar surface area (TPSA) is 29.5 Å². The summed E-state index contributed by atoms with van der Waals surface area (Å²) in [6.07, 6.45) is 6.77. The summed E-state index contributed by atoms with van der Waals surface area (Å²) >= 11 is 0. The van der Waals surface area contributed by atoms with E-state index >= 15 is 0 Å². The first-order valence-corrected chi connectivity index (χ1v) is 6.76. The maximum atomic E-state index is 9.96. The summed E-state index contributed by atoms with van der Waals surface area (Å²) in [7, 11) is 0. The number of ether oxygens (including phenoxy) is 1. The first kappa shape index (κ1) is 11.1. The third kappa shape index (κ3) is 2.32. The van der Waals surface area contributed by atoms with Crippen LogP contribution in [0.3, 0.4) is 0 Å². The summed E-state index contributed by atoms with van der Waals surface area (Å²) in [4.78, 5) is 0. The summed E-state index contributed by atoms with van der Waals surface area (Å²) in [5.41, 5.74) is 2.38. The Hall–Kier alpha value is -1.02. The molecule has 2 heteroatoms. The van der Waals surface area contributed by atoms with Crippen LogP contribution < -0.4 is 4.74 Å². The first-order valence-electron chi connectivity index (χ1n) is 6.76. The van der Waals surface area contributed by atoms with E-state index in [1.165, 1.54) is 24.8 Å². The number of aliphatic hydroxyl groups excluding tert-OH is 1. The van der Waals surface area contributed by atoms with E-state index in [2.05, 4.69) is 12.1 Å². The van der Waals surface area contributed by atoms with E-state index in [4.69, 9.17) is 4.74 Å². The molecule has 0 radical (unpaired) electrons. The Kier molecular flexibility index (Phi) is 3.06. The van der Waals surface area contributed by atoms with Gasteiger partial charge in [0.15, 0.2) is 0 Å². The molecule has 1 aromatic rings. The minimum absolute atomic E-state index is 0.286. The zero-order valence-corrected chi connectivity index (χ0v) is 10.2. The predicted molar refractivity (Wildman–Crippen MR) is 67.2 cm³/mol. The molecule has 0 aliphatic heterocycles. The SMILES string of the molecule is O[C@H]1CCCc2ccc(OCC3CCC3)cc21. The smallest absolute Gasteiger partial charge is 0.119 e. The molecule has 2 aliphatic rings. The van der Waals surface area contributed by atoms with Gasteiger partial charge in [0, 0.05) is 0 Å². The van der Waals surface area contributed by atoms with E-state index in [0.717, 1.165) is 43.1 Å². The van der Waals surface area contributed by atoms with Gasteiger partial charge >= 0.3 is 0 Å². The number of aryl methyl sites for hydroxylation is 1. The lowest BCUT2D eigenvalue weighted by atomic mass is 9.86. The Morgan fingerprint density at radius 1 is 1.18 bits per heavy atom. The van der Waals surface area contributed by atoms with Gasteiger partial charge in [-0.2, -0.15) is 0 Å². The lowest BCUT2D eigenvalue weighted by molar-refractivity contribution is 0.154. The van der Waals surface area contributed by atoms with Crippen LogP contribution in [0.25, 0.3) is 0 Å². The zero-order valence-electron chi connectivity index (χ0n) is 10.2. The maximum Gasteiger partial charge on any atom is 0.119 e. The van der Waals surface area contributed by atoms with Crippen molar-refractivity contribution in [3.63, 3.8) is 0 Å². The van der Waals surface area contributed by atoms with Crippen molar-refractivity contribution < 1.29 is 9.84 Å². The van der Waals surface area contributed by atoms with Gasteiger partial charge in [-0.3, -0.25) is 0 Å². The first-order chi connectivity index (χ1) is 8.33. The highest BCUT2D eigenvalue weighted by Crippen LogP contribution is 2.33. The minimum Gasteiger partial charge on any atom is -0.493 e. The van der Waals surface area contributed by atoms with Gasteiger partial charge in [-0.25, -0.2) is 0 Å². The molecule has 17 heavy (non-hydrogen) atoms. The summed E-state index contributed by atoms with van der Waals surface area (Å²) in [5, 5.41) is 9.96. The highest BCUT2D eigenvalue weighted by atomic mass is 16.5. The monoisotopic (exact) mass is 232 g/mol. The van der Waals surface area contributed by atoms with Gasteiger partial charge in [0.05, 0.1) is 12.7 Å². The Morgan fingerprint density at radius 3 is 2.82 bits per heavy atom. The van der Waals surface area contributed by atoms with E-state index in [1.807, 2.05) is 6.07 Å². The quantitative estimate of drug-likeness (QED) is 0.867. The van der Waals surface area contributed by atoms with E-state index in [1.54, 1.807) is 0 Å². The lowest BCUT2D eigenvalue weighted by Crippen LogP contribution is -2.19. The molecule has 0 bridgehead atoms. The van der Waals surface area contributed by atoms with Crippen molar-refractivity contribution in [3.05, 3.63) is 29.3 Å². The van der Waals surface area contributed by atoms with Crippen LogP contribution >= 0.6 is 0 Å². The lowest BCUT2D eigenvalue weighted by Gasteiger charge is -2.26. The number of rotatable bonds is 3. The van der Waals surface area contributed by atoms with E-state index in [-0.39, 0.29) is 6.10 Å². The van der Waals surface area contributed by atoms with Gasteiger partial charge in [0.1, 0.15) is 5.75 Å². The average Bonchev–Trinajstić information content (AvgIpc) is 2.28. The average molecular weight is 232 g/mol. The fourth-order valence-corrected chi connectivity index (χ4v) is 2.72. The highest BCUT2D eigenvalue weighted by molar-refractivity contribution is 5.38. The van der Waals surface area contributed by atoms with Crippen molar-refractivity contribution in [2.75, 3.05) is 6.61 Å². The zero-order chi connectivity index (χ0) is 11.7. The van der Waals surface area contributed by atoms with Gasteiger partial charge in [-0.05, 0) is 61.3 Å². The molecule has 1 fully saturated rings. The molecule has 1 saturated carbocycles. The molecule has 92 valence electrons. The van der Waals surface area contributed by atoms with Crippen molar-refractivity contribution >= 4 is 0 Å². The molecule has 0 spiro atoms. The van der Waals surface area contributed by atoms with Crippen molar-refractivity contribution in [3.8, 4) is 5.75 Å². The summed E-state index contributed by atoms with van der Waals surface area (Å²) < 4.78 is 5.81. The van der Waals surface area contributed by atoms with Crippen LogP contribution in [0.4, 0.5) is 0 Å². The minimum atomic E-state index is -0.286. The second kappa shape index (κ2) is 4.69. The van der Waals surface area contributed by atoms with E-state index in [0.29, 0.717) is 0 Å². The fourth-order valence-electron chi connectivity index (χ4n) is 2.72. The van der Waals surface area contributed by atoms with Crippen LogP contribution in [-0.2, 0) is 6.42 Å². The van der Waals surface area contributed by atoms with Crippen molar-refractivity contribution in [2.24, 2.45) is 5.92 Å². The summed E-state index contributed by atoms with van der Waals surface area (Å²) in [6, 6.07) is 6.21. The van der Waals surface area contributed by atoms with Crippen LogP contribution in [0.1, 0.15) is 49.3 Å². The van der Waals surface area contributed by atoms with Gasteiger partial charge in [-0.1, -0.05) is 12.5 Å². The molecule has 1 N–H and O–H groups in total. The van der Waals surface area contributed by atoms with Crippen LogP contribution in [0, 0.1) is 5.92 Å². The Morgan fingerprint density at radius 2 is 2.06 bits per heavy atom. The third-order valence-corrected chi connectivity index (χ3v) is 4.11. The number of hydrogen-bond donors (Lipinski definition) is 1. The number of benzene rings is 1. The molecule has 0 amide bonds. The predicted octanol–water partition coefficient (Wildman–Crippen LogP) is 3.24. The molecule has 2 nitrogen and oxygen atoms in total. The molecule has 2 aliphatic carbocycles. The second-order valence-corrected chi connectivity index (χ2v) is 5.38. The fraction of sp³-hybridized carbons (Fsp3) is 0.600. The summed E-state index contributed by atoms with van der Waals surface area (Å²) in [6.45, 7) is 0.842.